The van der Waals surface area contributed by atoms with Gasteiger partial charge in [-0.05, 0) is 65.4 Å². The number of rotatable bonds is 9. The minimum Gasteiger partial charge on any atom is -0.383 e. The van der Waals surface area contributed by atoms with Gasteiger partial charge in [-0.3, -0.25) is 0 Å². The van der Waals surface area contributed by atoms with E-state index in [4.69, 9.17) is 4.74 Å². The van der Waals surface area contributed by atoms with E-state index in [-0.39, 0.29) is 5.82 Å². The average molecular weight is 332 g/mol. The maximum absolute atomic E-state index is 13.1. The van der Waals surface area contributed by atoms with E-state index in [9.17, 15) is 4.39 Å². The Balaban J connectivity index is 2.18. The quantitative estimate of drug-likeness (QED) is 0.695. The van der Waals surface area contributed by atoms with Crippen LogP contribution in [0.15, 0.2) is 22.7 Å². The van der Waals surface area contributed by atoms with Crippen molar-refractivity contribution in [2.45, 2.75) is 26.2 Å². The van der Waals surface area contributed by atoms with Crippen LogP contribution in [0.3, 0.4) is 0 Å². The summed E-state index contributed by atoms with van der Waals surface area (Å²) < 4.78 is 18.6. The van der Waals surface area contributed by atoms with Gasteiger partial charge in [0.05, 0.1) is 11.1 Å². The van der Waals surface area contributed by atoms with Crippen LogP contribution in [0.1, 0.15) is 25.3 Å². The molecule has 0 aliphatic heterocycles. The molecule has 0 bridgehead atoms. The molecule has 1 N–H and O–H groups in total. The van der Waals surface area contributed by atoms with Gasteiger partial charge in [0.15, 0.2) is 0 Å². The maximum atomic E-state index is 13.1. The Labute approximate surface area is 123 Å². The van der Waals surface area contributed by atoms with Gasteiger partial charge in [0.25, 0.3) is 0 Å². The van der Waals surface area contributed by atoms with Crippen LogP contribution in [0.5, 0.6) is 0 Å². The largest absolute Gasteiger partial charge is 0.383 e. The normalized spacial score (nSPS) is 12.6. The number of hydrogen-bond acceptors (Lipinski definition) is 2. The molecular weight excluding hydrogens is 309 g/mol. The van der Waals surface area contributed by atoms with Crippen molar-refractivity contribution < 1.29 is 9.13 Å². The van der Waals surface area contributed by atoms with E-state index in [1.54, 1.807) is 7.11 Å². The molecule has 0 saturated carbocycles. The topological polar surface area (TPSA) is 21.3 Å². The van der Waals surface area contributed by atoms with Crippen molar-refractivity contribution in [3.05, 3.63) is 34.1 Å². The van der Waals surface area contributed by atoms with Gasteiger partial charge < -0.3 is 10.1 Å². The molecule has 1 aromatic carbocycles. The monoisotopic (exact) mass is 331 g/mol. The SMILES string of the molecule is COCCNCCC(C)CCc1ccc(F)c(Br)c1. The smallest absolute Gasteiger partial charge is 0.137 e. The van der Waals surface area contributed by atoms with Gasteiger partial charge in [0.1, 0.15) is 5.82 Å². The maximum Gasteiger partial charge on any atom is 0.137 e. The molecule has 0 saturated heterocycles. The van der Waals surface area contributed by atoms with Crippen molar-refractivity contribution in [1.82, 2.24) is 5.32 Å². The van der Waals surface area contributed by atoms with E-state index < -0.39 is 0 Å². The Morgan fingerprint density at radius 3 is 2.79 bits per heavy atom. The summed E-state index contributed by atoms with van der Waals surface area (Å²) in [6.45, 7) is 4.96. The fraction of sp³-hybridized carbons (Fsp3) is 0.600. The molecule has 0 aliphatic rings. The molecule has 0 fully saturated rings. The molecule has 1 unspecified atom stereocenters. The first-order valence-corrected chi connectivity index (χ1v) is 7.56. The number of ether oxygens (including phenoxy) is 1. The molecule has 0 aliphatic carbocycles. The van der Waals surface area contributed by atoms with Gasteiger partial charge in [-0.15, -0.1) is 0 Å². The minimum atomic E-state index is -0.195. The molecule has 4 heteroatoms. The van der Waals surface area contributed by atoms with Crippen LogP contribution < -0.4 is 5.32 Å². The van der Waals surface area contributed by atoms with Crippen LogP contribution in [-0.2, 0) is 11.2 Å². The fourth-order valence-electron chi connectivity index (χ4n) is 1.90. The Bertz CT molecular complexity index is 373. The highest BCUT2D eigenvalue weighted by atomic mass is 79.9. The third kappa shape index (κ3) is 7.04. The van der Waals surface area contributed by atoms with E-state index in [0.717, 1.165) is 39.0 Å². The van der Waals surface area contributed by atoms with Crippen LogP contribution in [0.25, 0.3) is 0 Å². The number of nitrogens with one attached hydrogen (secondary N) is 1. The highest BCUT2D eigenvalue weighted by molar-refractivity contribution is 9.10. The molecule has 19 heavy (non-hydrogen) atoms. The van der Waals surface area contributed by atoms with Gasteiger partial charge in [0, 0.05) is 13.7 Å². The van der Waals surface area contributed by atoms with E-state index >= 15 is 0 Å². The summed E-state index contributed by atoms with van der Waals surface area (Å²) in [4.78, 5) is 0. The number of methoxy groups -OCH3 is 1. The van der Waals surface area contributed by atoms with Crippen LogP contribution in [0, 0.1) is 11.7 Å². The Hall–Kier alpha value is -0.450. The van der Waals surface area contributed by atoms with Crippen molar-refractivity contribution in [3.8, 4) is 0 Å². The molecule has 1 rings (SSSR count). The van der Waals surface area contributed by atoms with Gasteiger partial charge in [-0.1, -0.05) is 13.0 Å². The number of benzene rings is 1. The number of hydrogen-bond donors (Lipinski definition) is 1. The van der Waals surface area contributed by atoms with Crippen LogP contribution >= 0.6 is 15.9 Å². The van der Waals surface area contributed by atoms with Crippen molar-refractivity contribution >= 4 is 15.9 Å². The summed E-state index contributed by atoms with van der Waals surface area (Å²) in [6, 6.07) is 5.26. The van der Waals surface area contributed by atoms with Crippen LogP contribution in [0.4, 0.5) is 4.39 Å². The van der Waals surface area contributed by atoms with E-state index in [2.05, 4.69) is 28.2 Å². The zero-order chi connectivity index (χ0) is 14.1. The Morgan fingerprint density at radius 2 is 2.11 bits per heavy atom. The third-order valence-corrected chi connectivity index (χ3v) is 3.81. The minimum absolute atomic E-state index is 0.195. The van der Waals surface area contributed by atoms with Crippen LogP contribution in [-0.4, -0.2) is 26.8 Å². The van der Waals surface area contributed by atoms with Crippen molar-refractivity contribution in [2.24, 2.45) is 5.92 Å². The molecule has 1 aromatic rings. The van der Waals surface area contributed by atoms with Crippen molar-refractivity contribution in [1.29, 1.82) is 0 Å². The molecular formula is C15H23BrFNO. The van der Waals surface area contributed by atoms with E-state index in [1.807, 2.05) is 12.1 Å². The molecule has 0 aromatic heterocycles. The highest BCUT2D eigenvalue weighted by Crippen LogP contribution is 2.19. The summed E-state index contributed by atoms with van der Waals surface area (Å²) in [5.74, 6) is 0.470. The lowest BCUT2D eigenvalue weighted by molar-refractivity contribution is 0.199. The molecule has 1 atom stereocenters. The van der Waals surface area contributed by atoms with Gasteiger partial charge in [0.2, 0.25) is 0 Å². The summed E-state index contributed by atoms with van der Waals surface area (Å²) in [7, 11) is 1.71. The number of halogens is 2. The second-order valence-corrected chi connectivity index (χ2v) is 5.78. The Kier molecular flexibility index (Phi) is 8.26. The molecule has 0 amide bonds. The zero-order valence-electron chi connectivity index (χ0n) is 11.7. The third-order valence-electron chi connectivity index (χ3n) is 3.21. The lowest BCUT2D eigenvalue weighted by atomic mass is 9.98. The second-order valence-electron chi connectivity index (χ2n) is 4.92. The van der Waals surface area contributed by atoms with Gasteiger partial charge >= 0.3 is 0 Å². The fourth-order valence-corrected chi connectivity index (χ4v) is 2.33. The first-order chi connectivity index (χ1) is 9.13. The zero-order valence-corrected chi connectivity index (χ0v) is 13.3. The molecule has 0 spiro atoms. The van der Waals surface area contributed by atoms with Crippen molar-refractivity contribution in [3.63, 3.8) is 0 Å². The van der Waals surface area contributed by atoms with Gasteiger partial charge in [-0.25, -0.2) is 4.39 Å². The van der Waals surface area contributed by atoms with E-state index in [1.165, 1.54) is 11.6 Å². The summed E-state index contributed by atoms with van der Waals surface area (Å²) in [6.07, 6.45) is 3.29. The highest BCUT2D eigenvalue weighted by Gasteiger charge is 2.05. The predicted octanol–water partition coefficient (Wildman–Crippen LogP) is 3.78. The van der Waals surface area contributed by atoms with Gasteiger partial charge in [-0.2, -0.15) is 0 Å². The number of aryl methyl sites for hydroxylation is 1. The lowest BCUT2D eigenvalue weighted by Gasteiger charge is -2.12. The lowest BCUT2D eigenvalue weighted by Crippen LogP contribution is -2.21. The Morgan fingerprint density at radius 1 is 1.32 bits per heavy atom. The molecule has 108 valence electrons. The summed E-state index contributed by atoms with van der Waals surface area (Å²) in [5, 5.41) is 3.35. The van der Waals surface area contributed by atoms with E-state index in [0.29, 0.717) is 10.4 Å². The second kappa shape index (κ2) is 9.45. The predicted molar refractivity (Wildman–Crippen MR) is 80.9 cm³/mol. The average Bonchev–Trinajstić information content (AvgIpc) is 2.40. The standard InChI is InChI=1S/C15H23BrFNO/c1-12(7-8-18-9-10-19-2)3-4-13-5-6-15(17)14(16)11-13/h5-6,11-12,18H,3-4,7-10H2,1-2H3. The first kappa shape index (κ1) is 16.6. The molecule has 0 heterocycles. The van der Waals surface area contributed by atoms with Crippen LogP contribution in [0.2, 0.25) is 0 Å². The molecule has 0 radical (unpaired) electrons. The summed E-state index contributed by atoms with van der Waals surface area (Å²) in [5.41, 5.74) is 1.19. The summed E-state index contributed by atoms with van der Waals surface area (Å²) >= 11 is 3.22. The first-order valence-electron chi connectivity index (χ1n) is 6.77. The molecule has 2 nitrogen and oxygen atoms in total. The van der Waals surface area contributed by atoms with Crippen molar-refractivity contribution in [2.75, 3.05) is 26.8 Å².